The third-order valence-electron chi connectivity index (χ3n) is 1.61. The first-order chi connectivity index (χ1) is 3.93. The molecule has 0 amide bonds. The summed E-state index contributed by atoms with van der Waals surface area (Å²) in [4.78, 5) is 2.77. The summed E-state index contributed by atoms with van der Waals surface area (Å²) in [6, 6.07) is 0. The summed E-state index contributed by atoms with van der Waals surface area (Å²) < 4.78 is 0. The Bertz CT molecular complexity index is 112. The monoisotopic (exact) mass is 172 g/mol. The van der Waals surface area contributed by atoms with Crippen molar-refractivity contribution >= 4 is 15.9 Å². The van der Waals surface area contributed by atoms with E-state index in [4.69, 9.17) is 0 Å². The van der Waals surface area contributed by atoms with Gasteiger partial charge >= 0.3 is 0 Å². The molecule has 0 unspecified atom stereocenters. The Kier molecular flexibility index (Phi) is 2.42. The Morgan fingerprint density at radius 2 is 1.88 bits per heavy atom. The number of rotatable bonds is 0. The van der Waals surface area contributed by atoms with Gasteiger partial charge in [-0.1, -0.05) is 18.8 Å². The zero-order valence-corrected chi connectivity index (χ0v) is 6.37. The number of halogens is 1. The molecule has 0 N–H and O–H groups in total. The standard InChI is InChI=1S/C7H9Br/c8-6-5-7-3-1-2-4-7/h7H,1-4H2. The van der Waals surface area contributed by atoms with Gasteiger partial charge < -0.3 is 0 Å². The first-order valence-corrected chi connectivity index (χ1v) is 3.84. The van der Waals surface area contributed by atoms with E-state index in [9.17, 15) is 0 Å². The number of hydrogen-bond acceptors (Lipinski definition) is 0. The predicted octanol–water partition coefficient (Wildman–Crippen LogP) is 2.53. The lowest BCUT2D eigenvalue weighted by Gasteiger charge is -1.92. The highest BCUT2D eigenvalue weighted by Gasteiger charge is 2.10. The van der Waals surface area contributed by atoms with Crippen LogP contribution in [0, 0.1) is 16.7 Å². The van der Waals surface area contributed by atoms with Crippen LogP contribution in [0.5, 0.6) is 0 Å². The van der Waals surface area contributed by atoms with Crippen molar-refractivity contribution in [1.82, 2.24) is 0 Å². The summed E-state index contributed by atoms with van der Waals surface area (Å²) in [6.07, 6.45) is 5.40. The molecule has 0 heterocycles. The zero-order chi connectivity index (χ0) is 5.82. The van der Waals surface area contributed by atoms with Crippen LogP contribution in [0.2, 0.25) is 0 Å². The van der Waals surface area contributed by atoms with Crippen LogP contribution in [0.15, 0.2) is 0 Å². The molecule has 1 aliphatic rings. The fourth-order valence-corrected chi connectivity index (χ4v) is 1.47. The molecule has 1 rings (SSSR count). The van der Waals surface area contributed by atoms with Crippen molar-refractivity contribution in [1.29, 1.82) is 0 Å². The van der Waals surface area contributed by atoms with E-state index in [1.54, 1.807) is 0 Å². The van der Waals surface area contributed by atoms with Crippen LogP contribution in [-0.4, -0.2) is 0 Å². The van der Waals surface area contributed by atoms with Gasteiger partial charge in [-0.3, -0.25) is 0 Å². The summed E-state index contributed by atoms with van der Waals surface area (Å²) in [5.74, 6) is 3.81. The normalized spacial score (nSPS) is 20.1. The average molecular weight is 173 g/mol. The Morgan fingerprint density at radius 1 is 1.25 bits per heavy atom. The highest BCUT2D eigenvalue weighted by Crippen LogP contribution is 2.23. The summed E-state index contributed by atoms with van der Waals surface area (Å²) >= 11 is 3.10. The smallest absolute Gasteiger partial charge is 0.0211 e. The third-order valence-corrected chi connectivity index (χ3v) is 1.84. The van der Waals surface area contributed by atoms with Crippen LogP contribution in [0.3, 0.4) is 0 Å². The van der Waals surface area contributed by atoms with E-state index in [0.717, 1.165) is 0 Å². The maximum Gasteiger partial charge on any atom is 0.0211 e. The van der Waals surface area contributed by atoms with Crippen molar-refractivity contribution in [2.75, 3.05) is 0 Å². The Labute approximate surface area is 58.8 Å². The van der Waals surface area contributed by atoms with Crippen molar-refractivity contribution in [2.45, 2.75) is 25.7 Å². The van der Waals surface area contributed by atoms with E-state index in [1.165, 1.54) is 25.7 Å². The molecule has 0 aliphatic heterocycles. The zero-order valence-electron chi connectivity index (χ0n) is 4.78. The van der Waals surface area contributed by atoms with Gasteiger partial charge in [-0.15, -0.1) is 0 Å². The summed E-state index contributed by atoms with van der Waals surface area (Å²) in [7, 11) is 0. The molecule has 0 nitrogen and oxygen atoms in total. The quantitative estimate of drug-likeness (QED) is 0.493. The van der Waals surface area contributed by atoms with E-state index in [1.807, 2.05) is 0 Å². The van der Waals surface area contributed by atoms with Crippen LogP contribution in [-0.2, 0) is 0 Å². The second-order valence-corrected chi connectivity index (χ2v) is 2.62. The van der Waals surface area contributed by atoms with Gasteiger partial charge in [-0.05, 0) is 17.7 Å². The molecule has 0 bridgehead atoms. The molecule has 0 aromatic rings. The van der Waals surface area contributed by atoms with Crippen molar-refractivity contribution in [3.05, 3.63) is 0 Å². The Balaban J connectivity index is 2.32. The maximum atomic E-state index is 3.11. The van der Waals surface area contributed by atoms with Gasteiger partial charge in [0.2, 0.25) is 0 Å². The molecule has 44 valence electrons. The molecule has 0 saturated heterocycles. The van der Waals surface area contributed by atoms with Gasteiger partial charge in [0, 0.05) is 21.8 Å². The van der Waals surface area contributed by atoms with Gasteiger partial charge in [0.05, 0.1) is 0 Å². The maximum absolute atomic E-state index is 3.11. The van der Waals surface area contributed by atoms with E-state index in [0.29, 0.717) is 5.92 Å². The van der Waals surface area contributed by atoms with Crippen molar-refractivity contribution in [2.24, 2.45) is 5.92 Å². The van der Waals surface area contributed by atoms with E-state index >= 15 is 0 Å². The second-order valence-electron chi connectivity index (χ2n) is 2.22. The van der Waals surface area contributed by atoms with Crippen molar-refractivity contribution < 1.29 is 0 Å². The van der Waals surface area contributed by atoms with Gasteiger partial charge in [0.25, 0.3) is 0 Å². The lowest BCUT2D eigenvalue weighted by molar-refractivity contribution is 0.712. The molecule has 0 spiro atoms. The van der Waals surface area contributed by atoms with Gasteiger partial charge in [0.15, 0.2) is 0 Å². The molecular weight excluding hydrogens is 164 g/mol. The molecule has 0 atom stereocenters. The fraction of sp³-hybridized carbons (Fsp3) is 0.714. The van der Waals surface area contributed by atoms with Crippen molar-refractivity contribution in [3.63, 3.8) is 0 Å². The molecule has 1 aliphatic carbocycles. The van der Waals surface area contributed by atoms with Crippen LogP contribution in [0.4, 0.5) is 0 Å². The van der Waals surface area contributed by atoms with Crippen molar-refractivity contribution in [3.8, 4) is 10.8 Å². The number of hydrogen-bond donors (Lipinski definition) is 0. The molecular formula is C7H9Br. The molecule has 0 aromatic carbocycles. The summed E-state index contributed by atoms with van der Waals surface area (Å²) in [5, 5.41) is 0. The van der Waals surface area contributed by atoms with Gasteiger partial charge in [0.1, 0.15) is 0 Å². The highest BCUT2D eigenvalue weighted by atomic mass is 79.9. The molecule has 8 heavy (non-hydrogen) atoms. The average Bonchev–Trinajstić information content (AvgIpc) is 2.19. The lowest BCUT2D eigenvalue weighted by atomic mass is 10.1. The Morgan fingerprint density at radius 3 is 2.38 bits per heavy atom. The first kappa shape index (κ1) is 6.16. The topological polar surface area (TPSA) is 0 Å². The summed E-state index contributed by atoms with van der Waals surface area (Å²) in [5.41, 5.74) is 0. The minimum absolute atomic E-state index is 0.703. The minimum Gasteiger partial charge on any atom is -0.0874 e. The first-order valence-electron chi connectivity index (χ1n) is 3.04. The Hall–Kier alpha value is 0.0400. The fourth-order valence-electron chi connectivity index (χ4n) is 1.15. The van der Waals surface area contributed by atoms with Gasteiger partial charge in [-0.25, -0.2) is 0 Å². The van der Waals surface area contributed by atoms with E-state index in [2.05, 4.69) is 26.7 Å². The lowest BCUT2D eigenvalue weighted by Crippen LogP contribution is -1.84. The minimum atomic E-state index is 0.703. The SMILES string of the molecule is BrC#CC1CCCC1. The molecule has 1 heteroatoms. The molecule has 0 radical (unpaired) electrons. The van der Waals surface area contributed by atoms with Crippen LogP contribution in [0.1, 0.15) is 25.7 Å². The highest BCUT2D eigenvalue weighted by molar-refractivity contribution is 9.12. The van der Waals surface area contributed by atoms with Crippen LogP contribution in [0.25, 0.3) is 0 Å². The molecule has 0 aromatic heterocycles. The molecule has 1 saturated carbocycles. The van der Waals surface area contributed by atoms with Gasteiger partial charge in [-0.2, -0.15) is 0 Å². The summed E-state index contributed by atoms with van der Waals surface area (Å²) in [6.45, 7) is 0. The van der Waals surface area contributed by atoms with E-state index < -0.39 is 0 Å². The second kappa shape index (κ2) is 3.14. The molecule has 1 fully saturated rings. The van der Waals surface area contributed by atoms with E-state index in [-0.39, 0.29) is 0 Å². The van der Waals surface area contributed by atoms with Crippen LogP contribution >= 0.6 is 15.9 Å². The van der Waals surface area contributed by atoms with Crippen LogP contribution < -0.4 is 0 Å². The largest absolute Gasteiger partial charge is 0.0874 e. The third kappa shape index (κ3) is 1.52. The predicted molar refractivity (Wildman–Crippen MR) is 38.7 cm³/mol.